The minimum absolute atomic E-state index is 0.0233. The van der Waals surface area contributed by atoms with Crippen molar-refractivity contribution in [3.8, 4) is 0 Å². The quantitative estimate of drug-likeness (QED) is 0.468. The molecule has 8 heteroatoms. The molecule has 0 aliphatic heterocycles. The maximum absolute atomic E-state index is 12.7. The topological polar surface area (TPSA) is 111 Å². The molecule has 0 radical (unpaired) electrons. The molecule has 0 saturated heterocycles. The molecule has 1 aliphatic rings. The van der Waals surface area contributed by atoms with Gasteiger partial charge in [0, 0.05) is 12.8 Å². The zero-order valence-electron chi connectivity index (χ0n) is 20.6. The van der Waals surface area contributed by atoms with Gasteiger partial charge < -0.3 is 20.1 Å². The van der Waals surface area contributed by atoms with Crippen LogP contribution in [0, 0.1) is 5.92 Å². The number of ketones is 1. The molecule has 1 aliphatic carbocycles. The van der Waals surface area contributed by atoms with Gasteiger partial charge in [-0.05, 0) is 38.7 Å². The SMILES string of the molecule is CC(C)(C)OC(=O)N[C@@H](CCC(=O)OCc1ccccc1)C(=O)NCC(=O)CC1CCCCC1. The first kappa shape index (κ1) is 27.3. The first-order valence-corrected chi connectivity index (χ1v) is 12.1. The average molecular weight is 475 g/mol. The van der Waals surface area contributed by atoms with Crippen LogP contribution in [0.5, 0.6) is 0 Å². The Labute approximate surface area is 202 Å². The average Bonchev–Trinajstić information content (AvgIpc) is 2.79. The summed E-state index contributed by atoms with van der Waals surface area (Å²) in [5.74, 6) is -0.661. The molecule has 1 atom stereocenters. The van der Waals surface area contributed by atoms with Gasteiger partial charge >= 0.3 is 12.1 Å². The van der Waals surface area contributed by atoms with Gasteiger partial charge in [0.05, 0.1) is 6.54 Å². The Bertz CT molecular complexity index is 812. The zero-order valence-corrected chi connectivity index (χ0v) is 20.6. The third kappa shape index (κ3) is 11.3. The second-order valence-electron chi connectivity index (χ2n) is 9.85. The van der Waals surface area contributed by atoms with Gasteiger partial charge in [-0.3, -0.25) is 14.4 Å². The Balaban J connectivity index is 1.86. The van der Waals surface area contributed by atoms with Crippen LogP contribution in [-0.4, -0.2) is 41.9 Å². The molecule has 0 spiro atoms. The molecule has 2 rings (SSSR count). The molecule has 34 heavy (non-hydrogen) atoms. The van der Waals surface area contributed by atoms with Gasteiger partial charge in [0.2, 0.25) is 5.91 Å². The van der Waals surface area contributed by atoms with Crippen LogP contribution in [-0.2, 0) is 30.5 Å². The van der Waals surface area contributed by atoms with Crippen LogP contribution in [0.25, 0.3) is 0 Å². The number of hydrogen-bond acceptors (Lipinski definition) is 6. The summed E-state index contributed by atoms with van der Waals surface area (Å²) < 4.78 is 10.5. The Kier molecular flexibility index (Phi) is 11.0. The number of amides is 2. The zero-order chi connectivity index (χ0) is 25.0. The number of carbonyl (C=O) groups is 4. The van der Waals surface area contributed by atoms with E-state index in [0.717, 1.165) is 31.2 Å². The predicted molar refractivity (Wildman–Crippen MR) is 128 cm³/mol. The molecule has 1 aromatic rings. The summed E-state index contributed by atoms with van der Waals surface area (Å²) in [5.41, 5.74) is 0.115. The van der Waals surface area contributed by atoms with Crippen LogP contribution >= 0.6 is 0 Å². The van der Waals surface area contributed by atoms with E-state index in [1.807, 2.05) is 30.3 Å². The van der Waals surface area contributed by atoms with Crippen molar-refractivity contribution in [3.63, 3.8) is 0 Å². The van der Waals surface area contributed by atoms with Gasteiger partial charge in [-0.15, -0.1) is 0 Å². The molecular formula is C26H38N2O6. The van der Waals surface area contributed by atoms with Gasteiger partial charge in [0.25, 0.3) is 0 Å². The molecule has 0 bridgehead atoms. The molecule has 0 heterocycles. The summed E-state index contributed by atoms with van der Waals surface area (Å²) in [6.45, 7) is 5.18. The van der Waals surface area contributed by atoms with E-state index in [1.165, 1.54) is 6.42 Å². The van der Waals surface area contributed by atoms with E-state index in [2.05, 4.69) is 10.6 Å². The fourth-order valence-corrected chi connectivity index (χ4v) is 3.89. The molecule has 1 fully saturated rings. The lowest BCUT2D eigenvalue weighted by Gasteiger charge is -2.23. The van der Waals surface area contributed by atoms with Crippen LogP contribution in [0.2, 0.25) is 0 Å². The number of benzene rings is 1. The van der Waals surface area contributed by atoms with Gasteiger partial charge in [-0.1, -0.05) is 62.4 Å². The molecule has 8 nitrogen and oxygen atoms in total. The summed E-state index contributed by atoms with van der Waals surface area (Å²) in [5, 5.41) is 5.13. The lowest BCUT2D eigenvalue weighted by molar-refractivity contribution is -0.145. The van der Waals surface area contributed by atoms with Crippen molar-refractivity contribution in [2.45, 2.75) is 90.4 Å². The van der Waals surface area contributed by atoms with Crippen LogP contribution in [0.1, 0.15) is 77.7 Å². The molecule has 188 valence electrons. The lowest BCUT2D eigenvalue weighted by atomic mass is 9.86. The number of rotatable bonds is 11. The fourth-order valence-electron chi connectivity index (χ4n) is 3.89. The molecule has 1 aromatic carbocycles. The first-order chi connectivity index (χ1) is 16.1. The molecule has 2 N–H and O–H groups in total. The van der Waals surface area contributed by atoms with E-state index in [0.29, 0.717) is 12.3 Å². The second kappa shape index (κ2) is 13.7. The second-order valence-corrected chi connectivity index (χ2v) is 9.85. The highest BCUT2D eigenvalue weighted by molar-refractivity contribution is 5.90. The summed E-state index contributed by atoms with van der Waals surface area (Å²) in [7, 11) is 0. The molecule has 0 aromatic heterocycles. The van der Waals surface area contributed by atoms with Gasteiger partial charge in [0.1, 0.15) is 18.2 Å². The Morgan fingerprint density at radius 1 is 1.03 bits per heavy atom. The summed E-state index contributed by atoms with van der Waals surface area (Å²) >= 11 is 0. The molecular weight excluding hydrogens is 436 g/mol. The number of Topliss-reactive ketones (excluding diaryl/α,β-unsaturated/α-hetero) is 1. The maximum atomic E-state index is 12.7. The van der Waals surface area contributed by atoms with E-state index in [4.69, 9.17) is 9.47 Å². The van der Waals surface area contributed by atoms with Gasteiger partial charge in [-0.2, -0.15) is 0 Å². The van der Waals surface area contributed by atoms with Crippen LogP contribution in [0.3, 0.4) is 0 Å². The van der Waals surface area contributed by atoms with Crippen molar-refractivity contribution in [3.05, 3.63) is 35.9 Å². The molecule has 0 unspecified atom stereocenters. The fraction of sp³-hybridized carbons (Fsp3) is 0.615. The third-order valence-corrected chi connectivity index (χ3v) is 5.59. The van der Waals surface area contributed by atoms with Crippen molar-refractivity contribution in [2.75, 3.05) is 6.54 Å². The highest BCUT2D eigenvalue weighted by Crippen LogP contribution is 2.26. The first-order valence-electron chi connectivity index (χ1n) is 12.1. The number of carbonyl (C=O) groups excluding carboxylic acids is 4. The standard InChI is InChI=1S/C26H38N2O6/c1-26(2,3)34-25(32)28-22(14-15-23(30)33-18-20-12-8-5-9-13-20)24(31)27-17-21(29)16-19-10-6-4-7-11-19/h5,8-9,12-13,19,22H,4,6-7,10-11,14-18H2,1-3H3,(H,27,31)(H,28,32)/t22-/m0/s1. The van der Waals surface area contributed by atoms with E-state index in [-0.39, 0.29) is 31.8 Å². The summed E-state index contributed by atoms with van der Waals surface area (Å²) in [4.78, 5) is 49.5. The van der Waals surface area contributed by atoms with Crippen molar-refractivity contribution < 1.29 is 28.7 Å². The van der Waals surface area contributed by atoms with E-state index in [9.17, 15) is 19.2 Å². The normalized spacial score (nSPS) is 15.1. The van der Waals surface area contributed by atoms with E-state index >= 15 is 0 Å². The van der Waals surface area contributed by atoms with Gasteiger partial charge in [-0.25, -0.2) is 4.79 Å². The van der Waals surface area contributed by atoms with Crippen molar-refractivity contribution in [1.82, 2.24) is 10.6 Å². The smallest absolute Gasteiger partial charge is 0.408 e. The summed E-state index contributed by atoms with van der Waals surface area (Å²) in [6.07, 6.45) is 5.25. The lowest BCUT2D eigenvalue weighted by Crippen LogP contribution is -2.49. The molecule has 1 saturated carbocycles. The Morgan fingerprint density at radius 3 is 2.35 bits per heavy atom. The minimum Gasteiger partial charge on any atom is -0.461 e. The van der Waals surface area contributed by atoms with Crippen molar-refractivity contribution in [1.29, 1.82) is 0 Å². The summed E-state index contributed by atoms with van der Waals surface area (Å²) in [6, 6.07) is 8.24. The number of ether oxygens (including phenoxy) is 2. The number of alkyl carbamates (subject to hydrolysis) is 1. The minimum atomic E-state index is -1.03. The third-order valence-electron chi connectivity index (χ3n) is 5.59. The monoisotopic (exact) mass is 474 g/mol. The van der Waals surface area contributed by atoms with Crippen LogP contribution < -0.4 is 10.6 Å². The van der Waals surface area contributed by atoms with E-state index in [1.54, 1.807) is 20.8 Å². The Hall–Kier alpha value is -2.90. The number of nitrogens with one attached hydrogen (secondary N) is 2. The highest BCUT2D eigenvalue weighted by atomic mass is 16.6. The van der Waals surface area contributed by atoms with Crippen molar-refractivity contribution >= 4 is 23.8 Å². The highest BCUT2D eigenvalue weighted by Gasteiger charge is 2.26. The maximum Gasteiger partial charge on any atom is 0.408 e. The van der Waals surface area contributed by atoms with Crippen molar-refractivity contribution in [2.24, 2.45) is 5.92 Å². The van der Waals surface area contributed by atoms with Crippen LogP contribution in [0.4, 0.5) is 4.79 Å². The number of esters is 1. The van der Waals surface area contributed by atoms with Gasteiger partial charge in [0.15, 0.2) is 5.78 Å². The number of hydrogen-bond donors (Lipinski definition) is 2. The van der Waals surface area contributed by atoms with Crippen LogP contribution in [0.15, 0.2) is 30.3 Å². The Morgan fingerprint density at radius 2 is 1.71 bits per heavy atom. The largest absolute Gasteiger partial charge is 0.461 e. The predicted octanol–water partition coefficient (Wildman–Crippen LogP) is 4.06. The van der Waals surface area contributed by atoms with E-state index < -0.39 is 29.6 Å². The molecule has 2 amide bonds.